The number of aliphatic hydroxyl groups excluding tert-OH is 1. The Morgan fingerprint density at radius 3 is 2.47 bits per heavy atom. The van der Waals surface area contributed by atoms with E-state index in [9.17, 15) is 29.7 Å². The highest BCUT2D eigenvalue weighted by atomic mass is 16.6. The largest absolute Gasteiger partial charge is 0.455 e. The second-order valence-electron chi connectivity index (χ2n) is 12.0. The third-order valence-corrected chi connectivity index (χ3v) is 9.45. The number of hydrogen-bond donors (Lipinski definition) is 3. The highest BCUT2D eigenvalue weighted by Crippen LogP contribution is 2.77. The fourth-order valence-corrected chi connectivity index (χ4v) is 7.70. The molecule has 0 aromatic carbocycles. The van der Waals surface area contributed by atoms with Crippen LogP contribution in [-0.2, 0) is 23.9 Å². The van der Waals surface area contributed by atoms with Crippen molar-refractivity contribution in [1.29, 1.82) is 0 Å². The lowest BCUT2D eigenvalue weighted by Gasteiger charge is -2.53. The van der Waals surface area contributed by atoms with Gasteiger partial charge in [0.2, 0.25) is 0 Å². The fraction of sp³-hybridized carbons (Fsp3) is 0.633. The third-order valence-electron chi connectivity index (χ3n) is 9.45. The molecule has 0 aromatic rings. The van der Waals surface area contributed by atoms with Crippen LogP contribution in [0.15, 0.2) is 47.6 Å². The van der Waals surface area contributed by atoms with Crippen LogP contribution in [0.4, 0.5) is 0 Å². The maximum Gasteiger partial charge on any atom is 0.331 e. The molecule has 0 aromatic heterocycles. The number of aliphatic hydroxyl groups is 3. The zero-order chi connectivity index (χ0) is 28.3. The molecule has 2 fully saturated rings. The fourth-order valence-electron chi connectivity index (χ4n) is 7.70. The first-order valence-electron chi connectivity index (χ1n) is 13.4. The van der Waals surface area contributed by atoms with Gasteiger partial charge in [0.15, 0.2) is 11.4 Å². The lowest BCUT2D eigenvalue weighted by atomic mass is 9.59. The summed E-state index contributed by atoms with van der Waals surface area (Å²) >= 11 is 0. The maximum absolute atomic E-state index is 13.2. The van der Waals surface area contributed by atoms with Gasteiger partial charge in [-0.25, -0.2) is 4.79 Å². The van der Waals surface area contributed by atoms with Crippen molar-refractivity contribution in [3.8, 4) is 0 Å². The molecule has 8 heteroatoms. The zero-order valence-electron chi connectivity index (χ0n) is 23.1. The molecule has 38 heavy (non-hydrogen) atoms. The van der Waals surface area contributed by atoms with Gasteiger partial charge < -0.3 is 24.8 Å². The van der Waals surface area contributed by atoms with E-state index >= 15 is 0 Å². The molecule has 0 radical (unpaired) electrons. The number of unbranched alkanes of at least 4 members (excludes halogenated alkanes) is 1. The summed E-state index contributed by atoms with van der Waals surface area (Å²) in [7, 11) is 0. The Bertz CT molecular complexity index is 1140. The van der Waals surface area contributed by atoms with E-state index in [-0.39, 0.29) is 6.42 Å². The second kappa shape index (κ2) is 9.57. The van der Waals surface area contributed by atoms with Crippen molar-refractivity contribution in [2.24, 2.45) is 29.1 Å². The van der Waals surface area contributed by atoms with Crippen molar-refractivity contribution in [1.82, 2.24) is 0 Å². The molecule has 208 valence electrons. The molecule has 0 bridgehead atoms. The zero-order valence-corrected chi connectivity index (χ0v) is 23.1. The molecule has 4 rings (SSSR count). The third kappa shape index (κ3) is 3.87. The number of hydrogen-bond acceptors (Lipinski definition) is 8. The number of carbonyl (C=O) groups is 3. The number of carbonyl (C=O) groups excluding carboxylic acids is 3. The molecule has 0 heterocycles. The molecule has 4 aliphatic carbocycles. The minimum absolute atomic E-state index is 0.128. The first-order chi connectivity index (χ1) is 17.7. The summed E-state index contributed by atoms with van der Waals surface area (Å²) in [4.78, 5) is 38.6. The Balaban J connectivity index is 1.84. The Morgan fingerprint density at radius 2 is 1.87 bits per heavy atom. The SMILES string of the molecule is CCCC=CC=CC(=O)OC1C(C)C2(O)C(C=C(CO)CC3(O)C(=O)C(C)=CC32)C2C(C)(C)C12OC(C)=O. The van der Waals surface area contributed by atoms with Crippen LogP contribution in [0.5, 0.6) is 0 Å². The molecule has 3 N–H and O–H groups in total. The van der Waals surface area contributed by atoms with Gasteiger partial charge in [-0.15, -0.1) is 0 Å². The Labute approximate surface area is 224 Å². The van der Waals surface area contributed by atoms with Gasteiger partial charge in [-0.3, -0.25) is 9.59 Å². The molecule has 4 aliphatic rings. The van der Waals surface area contributed by atoms with Gasteiger partial charge in [0, 0.05) is 48.5 Å². The molecular formula is C30H40O8. The summed E-state index contributed by atoms with van der Waals surface area (Å²) in [6, 6.07) is 0. The predicted octanol–water partition coefficient (Wildman–Crippen LogP) is 2.96. The normalized spacial score (nSPS) is 41.1. The molecule has 8 unspecified atom stereocenters. The monoisotopic (exact) mass is 528 g/mol. The van der Waals surface area contributed by atoms with Crippen molar-refractivity contribution >= 4 is 17.7 Å². The quantitative estimate of drug-likeness (QED) is 0.199. The number of fused-ring (bicyclic) bond motifs is 5. The molecule has 0 saturated heterocycles. The summed E-state index contributed by atoms with van der Waals surface area (Å²) < 4.78 is 12.0. The lowest BCUT2D eigenvalue weighted by Crippen LogP contribution is -2.66. The summed E-state index contributed by atoms with van der Waals surface area (Å²) in [5, 5.41) is 34.5. The van der Waals surface area contributed by atoms with Crippen molar-refractivity contribution in [3.05, 3.63) is 47.6 Å². The van der Waals surface area contributed by atoms with Crippen molar-refractivity contribution in [3.63, 3.8) is 0 Å². The van der Waals surface area contributed by atoms with Crippen LogP contribution in [-0.4, -0.2) is 62.6 Å². The molecular weight excluding hydrogens is 488 g/mol. The van der Waals surface area contributed by atoms with Crippen LogP contribution in [0, 0.1) is 29.1 Å². The molecule has 8 atom stereocenters. The van der Waals surface area contributed by atoms with Crippen LogP contribution < -0.4 is 0 Å². The number of ketones is 1. The first kappa shape index (κ1) is 28.5. The van der Waals surface area contributed by atoms with Crippen molar-refractivity contribution < 1.29 is 39.2 Å². The topological polar surface area (TPSA) is 130 Å². The van der Waals surface area contributed by atoms with Gasteiger partial charge >= 0.3 is 11.9 Å². The second-order valence-corrected chi connectivity index (χ2v) is 12.0. The highest BCUT2D eigenvalue weighted by Gasteiger charge is 2.87. The summed E-state index contributed by atoms with van der Waals surface area (Å²) in [5.41, 5.74) is -4.89. The number of esters is 2. The van der Waals surface area contributed by atoms with Gasteiger partial charge in [0.1, 0.15) is 11.7 Å². The van der Waals surface area contributed by atoms with Gasteiger partial charge in [-0.1, -0.05) is 64.5 Å². The molecule has 2 saturated carbocycles. The number of rotatable bonds is 7. The summed E-state index contributed by atoms with van der Waals surface area (Å²) in [6.45, 7) is 10.0. The average Bonchev–Trinajstić information content (AvgIpc) is 3.26. The smallest absolute Gasteiger partial charge is 0.331 e. The summed E-state index contributed by atoms with van der Waals surface area (Å²) in [5.74, 6) is -4.74. The maximum atomic E-state index is 13.2. The number of allylic oxidation sites excluding steroid dienone is 3. The van der Waals surface area contributed by atoms with E-state index < -0.39 is 76.3 Å². The van der Waals surface area contributed by atoms with Crippen LogP contribution in [0.25, 0.3) is 0 Å². The Morgan fingerprint density at radius 1 is 1.18 bits per heavy atom. The Hall–Kier alpha value is -2.55. The van der Waals surface area contributed by atoms with Crippen LogP contribution in [0.1, 0.15) is 60.8 Å². The standard InChI is InChI=1S/C30H40O8/c1-7-8-9-10-11-12-23(33)37-26-18(3)29(36)21(24-27(5,6)30(24,26)38-19(4)32)14-20(16-31)15-28(35)22(29)13-17(2)25(28)34/h9-14,18,21-22,24,26,31,35-36H,7-8,15-16H2,1-6H3. The van der Waals surface area contributed by atoms with E-state index in [2.05, 4.69) is 6.92 Å². The van der Waals surface area contributed by atoms with Crippen LogP contribution in [0.3, 0.4) is 0 Å². The lowest BCUT2D eigenvalue weighted by molar-refractivity contribution is -0.226. The number of Topliss-reactive ketones (excluding diaryl/α,β-unsaturated/α-hetero) is 1. The van der Waals surface area contributed by atoms with Crippen molar-refractivity contribution in [2.75, 3.05) is 6.61 Å². The molecule has 0 aliphatic heterocycles. The summed E-state index contributed by atoms with van der Waals surface area (Å²) in [6.07, 6.45) is 10.6. The van der Waals surface area contributed by atoms with E-state index in [0.717, 1.165) is 12.8 Å². The minimum Gasteiger partial charge on any atom is -0.455 e. The first-order valence-corrected chi connectivity index (χ1v) is 13.4. The molecule has 8 nitrogen and oxygen atoms in total. The van der Waals surface area contributed by atoms with Gasteiger partial charge in [-0.05, 0) is 24.5 Å². The Kier molecular flexibility index (Phi) is 7.17. The van der Waals surface area contributed by atoms with E-state index in [1.54, 1.807) is 38.2 Å². The van der Waals surface area contributed by atoms with E-state index in [4.69, 9.17) is 9.47 Å². The van der Waals surface area contributed by atoms with Crippen LogP contribution >= 0.6 is 0 Å². The number of ether oxygens (including phenoxy) is 2. The van der Waals surface area contributed by atoms with Gasteiger partial charge in [0.25, 0.3) is 0 Å². The van der Waals surface area contributed by atoms with Crippen LogP contribution in [0.2, 0.25) is 0 Å². The predicted molar refractivity (Wildman–Crippen MR) is 139 cm³/mol. The van der Waals surface area contributed by atoms with E-state index in [1.807, 2.05) is 19.9 Å². The van der Waals surface area contributed by atoms with E-state index in [1.165, 1.54) is 13.0 Å². The van der Waals surface area contributed by atoms with Gasteiger partial charge in [-0.2, -0.15) is 0 Å². The minimum atomic E-state index is -1.95. The molecule has 0 amide bonds. The van der Waals surface area contributed by atoms with Gasteiger partial charge in [0.05, 0.1) is 12.2 Å². The average molecular weight is 529 g/mol. The molecule has 0 spiro atoms. The van der Waals surface area contributed by atoms with Crippen molar-refractivity contribution in [2.45, 2.75) is 83.7 Å². The highest BCUT2D eigenvalue weighted by molar-refractivity contribution is 6.04. The van der Waals surface area contributed by atoms with E-state index in [0.29, 0.717) is 11.1 Å².